The van der Waals surface area contributed by atoms with Crippen molar-refractivity contribution in [3.05, 3.63) is 36.4 Å². The fraction of sp³-hybridized carbons (Fsp3) is 0.700. The predicted molar refractivity (Wildman–Crippen MR) is 107 cm³/mol. The van der Waals surface area contributed by atoms with Gasteiger partial charge in [-0.3, -0.25) is 0 Å². The normalized spacial score (nSPS) is 8.73. The molecule has 2 N–H and O–H groups in total. The highest BCUT2D eigenvalue weighted by Crippen LogP contribution is 2.04. The molecule has 138 valence electrons. The SMILES string of the molecule is C.C.C.C.CCC(C)(C)O.CCC(C)(C)O.c1ccccc1. The summed E-state index contributed by atoms with van der Waals surface area (Å²) in [7, 11) is 0. The number of hydrogen-bond acceptors (Lipinski definition) is 2. The third-order valence-corrected chi connectivity index (χ3v) is 2.40. The minimum absolute atomic E-state index is 0. The zero-order valence-electron chi connectivity index (χ0n) is 12.8. The van der Waals surface area contributed by atoms with Crippen LogP contribution in [0, 0.1) is 0 Å². The molecule has 0 fully saturated rings. The van der Waals surface area contributed by atoms with E-state index in [1.807, 2.05) is 50.2 Å². The van der Waals surface area contributed by atoms with Gasteiger partial charge in [0.1, 0.15) is 0 Å². The largest absolute Gasteiger partial charge is 0.390 e. The summed E-state index contributed by atoms with van der Waals surface area (Å²) >= 11 is 0. The average molecular weight is 319 g/mol. The van der Waals surface area contributed by atoms with Crippen molar-refractivity contribution in [1.29, 1.82) is 0 Å². The van der Waals surface area contributed by atoms with Gasteiger partial charge in [-0.1, -0.05) is 80.0 Å². The molecule has 0 aliphatic rings. The van der Waals surface area contributed by atoms with E-state index in [1.165, 1.54) is 0 Å². The molecule has 0 spiro atoms. The van der Waals surface area contributed by atoms with Gasteiger partial charge in [-0.25, -0.2) is 0 Å². The fourth-order valence-electron chi connectivity index (χ4n) is 0.385. The van der Waals surface area contributed by atoms with Crippen LogP contribution < -0.4 is 0 Å². The van der Waals surface area contributed by atoms with E-state index >= 15 is 0 Å². The standard InChI is InChI=1S/C6H6.2C5H12O.4CH4/c1-2-4-6-5-3-1;2*1-4-5(2,3)6;;;;/h1-6H;2*6H,4H2,1-3H3;4*1H4. The van der Waals surface area contributed by atoms with Crippen LogP contribution in [0.4, 0.5) is 0 Å². The van der Waals surface area contributed by atoms with E-state index < -0.39 is 11.2 Å². The van der Waals surface area contributed by atoms with Gasteiger partial charge in [0.2, 0.25) is 0 Å². The Kier molecular flexibility index (Phi) is 34.2. The molecule has 0 aliphatic heterocycles. The minimum Gasteiger partial charge on any atom is -0.390 e. The molecule has 0 bridgehead atoms. The monoisotopic (exact) mass is 318 g/mol. The topological polar surface area (TPSA) is 40.5 Å². The van der Waals surface area contributed by atoms with Crippen molar-refractivity contribution in [3.8, 4) is 0 Å². The summed E-state index contributed by atoms with van der Waals surface area (Å²) < 4.78 is 0. The highest BCUT2D eigenvalue weighted by molar-refractivity contribution is 4.99. The summed E-state index contributed by atoms with van der Waals surface area (Å²) in [5, 5.41) is 17.7. The van der Waals surface area contributed by atoms with E-state index in [-0.39, 0.29) is 29.7 Å². The summed E-state index contributed by atoms with van der Waals surface area (Å²) in [4.78, 5) is 0. The van der Waals surface area contributed by atoms with Crippen molar-refractivity contribution in [2.75, 3.05) is 0 Å². The smallest absolute Gasteiger partial charge is 0.0589 e. The van der Waals surface area contributed by atoms with Gasteiger partial charge in [0, 0.05) is 0 Å². The molecule has 0 saturated carbocycles. The van der Waals surface area contributed by atoms with Crippen LogP contribution in [0.5, 0.6) is 0 Å². The van der Waals surface area contributed by atoms with E-state index in [0.29, 0.717) is 0 Å². The van der Waals surface area contributed by atoms with E-state index in [0.717, 1.165) is 12.8 Å². The highest BCUT2D eigenvalue weighted by atomic mass is 16.3. The molecule has 22 heavy (non-hydrogen) atoms. The molecule has 0 aromatic heterocycles. The maximum atomic E-state index is 8.83. The van der Waals surface area contributed by atoms with Crippen LogP contribution in [0.15, 0.2) is 36.4 Å². The lowest BCUT2D eigenvalue weighted by Crippen LogP contribution is -2.15. The van der Waals surface area contributed by atoms with Crippen LogP contribution in [0.3, 0.4) is 0 Å². The first-order chi connectivity index (χ1) is 8.12. The second kappa shape index (κ2) is 20.1. The van der Waals surface area contributed by atoms with Gasteiger partial charge in [-0.2, -0.15) is 0 Å². The Morgan fingerprint density at radius 1 is 0.545 bits per heavy atom. The van der Waals surface area contributed by atoms with Crippen LogP contribution in [-0.4, -0.2) is 21.4 Å². The number of benzene rings is 1. The van der Waals surface area contributed by atoms with Crippen molar-refractivity contribution in [3.63, 3.8) is 0 Å². The van der Waals surface area contributed by atoms with E-state index in [2.05, 4.69) is 0 Å². The van der Waals surface area contributed by atoms with Gasteiger partial charge in [0.05, 0.1) is 11.2 Å². The van der Waals surface area contributed by atoms with Crippen molar-refractivity contribution >= 4 is 0 Å². The summed E-state index contributed by atoms with van der Waals surface area (Å²) in [5.74, 6) is 0. The molecule has 1 aromatic carbocycles. The maximum Gasteiger partial charge on any atom is 0.0589 e. The maximum absolute atomic E-state index is 8.83. The average Bonchev–Trinajstić information content (AvgIpc) is 2.31. The molecular formula is C20H46O2. The Balaban J connectivity index is -0.0000000400. The van der Waals surface area contributed by atoms with E-state index in [1.54, 1.807) is 27.7 Å². The zero-order chi connectivity index (χ0) is 14.7. The minimum atomic E-state index is -0.458. The van der Waals surface area contributed by atoms with Gasteiger partial charge in [0.15, 0.2) is 0 Å². The number of aliphatic hydroxyl groups is 2. The lowest BCUT2D eigenvalue weighted by molar-refractivity contribution is 0.0759. The van der Waals surface area contributed by atoms with Crippen molar-refractivity contribution < 1.29 is 10.2 Å². The van der Waals surface area contributed by atoms with Gasteiger partial charge >= 0.3 is 0 Å². The Labute approximate surface area is 142 Å². The highest BCUT2D eigenvalue weighted by Gasteiger charge is 2.06. The van der Waals surface area contributed by atoms with Crippen LogP contribution in [0.25, 0.3) is 0 Å². The second-order valence-corrected chi connectivity index (χ2v) is 5.49. The molecule has 0 saturated heterocycles. The third-order valence-electron chi connectivity index (χ3n) is 2.40. The predicted octanol–water partition coefficient (Wildman–Crippen LogP) is 6.57. The van der Waals surface area contributed by atoms with E-state index in [9.17, 15) is 0 Å². The molecule has 0 aliphatic carbocycles. The first kappa shape index (κ1) is 37.4. The fourth-order valence-corrected chi connectivity index (χ4v) is 0.385. The van der Waals surface area contributed by atoms with Crippen LogP contribution in [0.1, 0.15) is 84.1 Å². The lowest BCUT2D eigenvalue weighted by atomic mass is 10.1. The first-order valence-corrected chi connectivity index (χ1v) is 6.57. The van der Waals surface area contributed by atoms with Crippen LogP contribution in [0.2, 0.25) is 0 Å². The molecule has 0 radical (unpaired) electrons. The summed E-state index contributed by atoms with van der Waals surface area (Å²) in [6.07, 6.45) is 1.65. The van der Waals surface area contributed by atoms with Gasteiger partial charge < -0.3 is 10.2 Å². The third kappa shape index (κ3) is 50.8. The van der Waals surface area contributed by atoms with Gasteiger partial charge in [-0.05, 0) is 40.5 Å². The van der Waals surface area contributed by atoms with Crippen molar-refractivity contribution in [1.82, 2.24) is 0 Å². The summed E-state index contributed by atoms with van der Waals surface area (Å²) in [6, 6.07) is 12.0. The lowest BCUT2D eigenvalue weighted by Gasteiger charge is -2.11. The van der Waals surface area contributed by atoms with Gasteiger partial charge in [0.25, 0.3) is 0 Å². The van der Waals surface area contributed by atoms with Crippen molar-refractivity contribution in [2.45, 2.75) is 95.3 Å². The Hall–Kier alpha value is -0.860. The summed E-state index contributed by atoms with van der Waals surface area (Å²) in [6.45, 7) is 11.1. The Bertz CT molecular complexity index is 215. The number of hydrogen-bond donors (Lipinski definition) is 2. The Morgan fingerprint density at radius 2 is 0.636 bits per heavy atom. The van der Waals surface area contributed by atoms with E-state index in [4.69, 9.17) is 10.2 Å². The second-order valence-electron chi connectivity index (χ2n) is 5.49. The van der Waals surface area contributed by atoms with Gasteiger partial charge in [-0.15, -0.1) is 0 Å². The molecule has 0 atom stereocenters. The first-order valence-electron chi connectivity index (χ1n) is 6.57. The summed E-state index contributed by atoms with van der Waals surface area (Å²) in [5.41, 5.74) is -0.917. The zero-order valence-corrected chi connectivity index (χ0v) is 12.8. The quantitative estimate of drug-likeness (QED) is 0.647. The molecule has 1 aromatic rings. The number of rotatable bonds is 2. The van der Waals surface area contributed by atoms with Crippen LogP contribution in [-0.2, 0) is 0 Å². The molecular weight excluding hydrogens is 272 g/mol. The van der Waals surface area contributed by atoms with Crippen molar-refractivity contribution in [2.24, 2.45) is 0 Å². The molecule has 0 heterocycles. The molecule has 1 rings (SSSR count). The molecule has 2 heteroatoms. The molecule has 0 amide bonds. The Morgan fingerprint density at radius 3 is 0.682 bits per heavy atom. The molecule has 0 unspecified atom stereocenters. The van der Waals surface area contributed by atoms with Crippen LogP contribution >= 0.6 is 0 Å². The molecule has 2 nitrogen and oxygen atoms in total.